The molecule has 2 heterocycles. The molecule has 2 N–H and O–H groups in total. The minimum atomic E-state index is 0.136. The summed E-state index contributed by atoms with van der Waals surface area (Å²) in [5.41, 5.74) is 5.67. The minimum absolute atomic E-state index is 0.136. The molecule has 1 saturated heterocycles. The second-order valence-corrected chi connectivity index (χ2v) is 4.49. The highest BCUT2D eigenvalue weighted by molar-refractivity contribution is 4.87. The van der Waals surface area contributed by atoms with Gasteiger partial charge >= 0.3 is 0 Å². The fourth-order valence-corrected chi connectivity index (χ4v) is 2.27. The Kier molecular flexibility index (Phi) is 4.09. The van der Waals surface area contributed by atoms with Gasteiger partial charge in [0.25, 0.3) is 0 Å². The fourth-order valence-electron chi connectivity index (χ4n) is 2.27. The normalized spacial score (nSPS) is 26.3. The van der Waals surface area contributed by atoms with Gasteiger partial charge in [-0.2, -0.15) is 5.10 Å². The van der Waals surface area contributed by atoms with Crippen LogP contribution in [-0.4, -0.2) is 51.5 Å². The van der Waals surface area contributed by atoms with Crippen molar-refractivity contribution in [1.29, 1.82) is 0 Å². The lowest BCUT2D eigenvalue weighted by molar-refractivity contribution is -0.0753. The molecule has 1 fully saturated rings. The van der Waals surface area contributed by atoms with Crippen LogP contribution < -0.4 is 5.73 Å². The lowest BCUT2D eigenvalue weighted by Crippen LogP contribution is -2.49. The molecule has 1 aliphatic rings. The van der Waals surface area contributed by atoms with Gasteiger partial charge in [-0.1, -0.05) is 0 Å². The van der Waals surface area contributed by atoms with Crippen molar-refractivity contribution in [1.82, 2.24) is 19.7 Å². The molecule has 0 aliphatic carbocycles. The highest BCUT2D eigenvalue weighted by Crippen LogP contribution is 2.12. The van der Waals surface area contributed by atoms with Crippen molar-refractivity contribution in [2.45, 2.75) is 39.1 Å². The van der Waals surface area contributed by atoms with E-state index in [2.05, 4.69) is 28.8 Å². The number of aryl methyl sites for hydroxylation is 1. The average molecular weight is 239 g/mol. The summed E-state index contributed by atoms with van der Waals surface area (Å²) in [6.45, 7) is 8.20. The van der Waals surface area contributed by atoms with Gasteiger partial charge in [-0.15, -0.1) is 0 Å². The van der Waals surface area contributed by atoms with E-state index in [1.807, 2.05) is 4.68 Å². The van der Waals surface area contributed by atoms with Gasteiger partial charge in [0.15, 0.2) is 0 Å². The molecule has 2 atom stereocenters. The van der Waals surface area contributed by atoms with Crippen molar-refractivity contribution in [3.8, 4) is 0 Å². The number of ether oxygens (including phenoxy) is 1. The third-order valence-corrected chi connectivity index (χ3v) is 3.03. The van der Waals surface area contributed by atoms with Crippen LogP contribution in [0, 0.1) is 0 Å². The third-order valence-electron chi connectivity index (χ3n) is 3.03. The quantitative estimate of drug-likeness (QED) is 0.791. The zero-order valence-corrected chi connectivity index (χ0v) is 10.5. The minimum Gasteiger partial charge on any atom is -0.371 e. The molecule has 6 nitrogen and oxygen atoms in total. The summed E-state index contributed by atoms with van der Waals surface area (Å²) in [4.78, 5) is 6.63. The van der Waals surface area contributed by atoms with Crippen LogP contribution in [0.5, 0.6) is 0 Å². The van der Waals surface area contributed by atoms with Gasteiger partial charge in [-0.25, -0.2) is 9.67 Å². The molecule has 0 saturated carbocycles. The van der Waals surface area contributed by atoms with E-state index in [-0.39, 0.29) is 12.2 Å². The highest BCUT2D eigenvalue weighted by Gasteiger charge is 2.25. The molecule has 1 aliphatic heterocycles. The molecule has 0 bridgehead atoms. The van der Waals surface area contributed by atoms with Crippen LogP contribution in [0.15, 0.2) is 6.33 Å². The Morgan fingerprint density at radius 1 is 1.53 bits per heavy atom. The maximum Gasteiger partial charge on any atom is 0.140 e. The zero-order chi connectivity index (χ0) is 12.3. The van der Waals surface area contributed by atoms with Crippen molar-refractivity contribution in [2.24, 2.45) is 5.73 Å². The standard InChI is InChI=1S/C11H21N5O/c1-3-16-11(13-8-14-16)7-15-5-9(2)17-10(4-12)6-15/h8-10H,3-7,12H2,1-2H3. The van der Waals surface area contributed by atoms with Crippen LogP contribution in [0.25, 0.3) is 0 Å². The van der Waals surface area contributed by atoms with E-state index in [4.69, 9.17) is 10.5 Å². The number of nitrogens with two attached hydrogens (primary N) is 1. The maximum absolute atomic E-state index is 5.73. The lowest BCUT2D eigenvalue weighted by atomic mass is 10.2. The molecule has 96 valence electrons. The van der Waals surface area contributed by atoms with Gasteiger partial charge < -0.3 is 10.5 Å². The van der Waals surface area contributed by atoms with Gasteiger partial charge in [-0.05, 0) is 13.8 Å². The van der Waals surface area contributed by atoms with E-state index in [1.54, 1.807) is 6.33 Å². The maximum atomic E-state index is 5.73. The van der Waals surface area contributed by atoms with Crippen molar-refractivity contribution < 1.29 is 4.74 Å². The Balaban J connectivity index is 1.98. The van der Waals surface area contributed by atoms with E-state index < -0.39 is 0 Å². The van der Waals surface area contributed by atoms with Crippen LogP contribution >= 0.6 is 0 Å². The van der Waals surface area contributed by atoms with E-state index >= 15 is 0 Å². The number of nitrogens with zero attached hydrogens (tertiary/aromatic N) is 4. The van der Waals surface area contributed by atoms with Crippen LogP contribution in [0.2, 0.25) is 0 Å². The number of morpholine rings is 1. The van der Waals surface area contributed by atoms with Crippen LogP contribution in [0.4, 0.5) is 0 Å². The zero-order valence-electron chi connectivity index (χ0n) is 10.5. The summed E-state index contributed by atoms with van der Waals surface area (Å²) in [6.07, 6.45) is 1.98. The summed E-state index contributed by atoms with van der Waals surface area (Å²) in [7, 11) is 0. The Hall–Kier alpha value is -0.980. The summed E-state index contributed by atoms with van der Waals surface area (Å²) < 4.78 is 7.66. The first-order valence-corrected chi connectivity index (χ1v) is 6.17. The molecule has 2 rings (SSSR count). The molecule has 0 radical (unpaired) electrons. The predicted molar refractivity (Wildman–Crippen MR) is 64.4 cm³/mol. The number of aromatic nitrogens is 3. The molecule has 2 unspecified atom stereocenters. The number of hydrogen-bond donors (Lipinski definition) is 1. The third kappa shape index (κ3) is 3.02. The van der Waals surface area contributed by atoms with Crippen molar-refractivity contribution >= 4 is 0 Å². The topological polar surface area (TPSA) is 69.2 Å². The lowest BCUT2D eigenvalue weighted by Gasteiger charge is -2.36. The number of rotatable bonds is 4. The first-order valence-electron chi connectivity index (χ1n) is 6.17. The largest absolute Gasteiger partial charge is 0.371 e. The van der Waals surface area contributed by atoms with Crippen molar-refractivity contribution in [3.63, 3.8) is 0 Å². The van der Waals surface area contributed by atoms with Gasteiger partial charge in [0.2, 0.25) is 0 Å². The van der Waals surface area contributed by atoms with Crippen molar-refractivity contribution in [2.75, 3.05) is 19.6 Å². The van der Waals surface area contributed by atoms with Gasteiger partial charge in [0.1, 0.15) is 12.2 Å². The molecule has 6 heteroatoms. The van der Waals surface area contributed by atoms with Crippen LogP contribution in [0.1, 0.15) is 19.7 Å². The molecule has 17 heavy (non-hydrogen) atoms. The van der Waals surface area contributed by atoms with Crippen LogP contribution in [-0.2, 0) is 17.8 Å². The second-order valence-electron chi connectivity index (χ2n) is 4.49. The highest BCUT2D eigenvalue weighted by atomic mass is 16.5. The first-order chi connectivity index (χ1) is 8.22. The predicted octanol–water partition coefficient (Wildman–Crippen LogP) is -0.154. The molecule has 0 aromatic carbocycles. The smallest absolute Gasteiger partial charge is 0.140 e. The molecular formula is C11H21N5O. The van der Waals surface area contributed by atoms with E-state index in [9.17, 15) is 0 Å². The summed E-state index contributed by atoms with van der Waals surface area (Å²) >= 11 is 0. The summed E-state index contributed by atoms with van der Waals surface area (Å²) in [6, 6.07) is 0. The van der Waals surface area contributed by atoms with Gasteiger partial charge in [0.05, 0.1) is 18.8 Å². The Labute approximate surface area is 102 Å². The van der Waals surface area contributed by atoms with E-state index in [1.165, 1.54) is 0 Å². The Morgan fingerprint density at radius 2 is 2.35 bits per heavy atom. The molecule has 1 aromatic heterocycles. The number of hydrogen-bond acceptors (Lipinski definition) is 5. The molecule has 0 spiro atoms. The van der Waals surface area contributed by atoms with Crippen LogP contribution in [0.3, 0.4) is 0 Å². The summed E-state index contributed by atoms with van der Waals surface area (Å²) in [5.74, 6) is 1.01. The molecule has 1 aromatic rings. The fraction of sp³-hybridized carbons (Fsp3) is 0.818. The first kappa shape index (κ1) is 12.5. The SMILES string of the molecule is CCn1ncnc1CN1CC(C)OC(CN)C1. The van der Waals surface area contributed by atoms with E-state index in [0.717, 1.165) is 32.0 Å². The van der Waals surface area contributed by atoms with E-state index in [0.29, 0.717) is 6.54 Å². The van der Waals surface area contributed by atoms with Gasteiger partial charge in [0, 0.05) is 26.2 Å². The second kappa shape index (κ2) is 5.57. The molecular weight excluding hydrogens is 218 g/mol. The van der Waals surface area contributed by atoms with Gasteiger partial charge in [-0.3, -0.25) is 4.90 Å². The monoisotopic (exact) mass is 239 g/mol. The van der Waals surface area contributed by atoms with Crippen molar-refractivity contribution in [3.05, 3.63) is 12.2 Å². The molecule has 0 amide bonds. The Bertz CT molecular complexity index is 353. The summed E-state index contributed by atoms with van der Waals surface area (Å²) in [5, 5.41) is 4.18. The average Bonchev–Trinajstić information content (AvgIpc) is 2.75. The Morgan fingerprint density at radius 3 is 3.06 bits per heavy atom.